The molecular weight excluding hydrogens is 827 g/mol. The Balaban J connectivity index is 1.20. The van der Waals surface area contributed by atoms with Gasteiger partial charge < -0.3 is 4.90 Å². The number of allylic oxidation sites excluding steroid dienone is 3. The highest BCUT2D eigenvalue weighted by Gasteiger charge is 2.39. The molecule has 1 nitrogen and oxygen atoms in total. The highest BCUT2D eigenvalue weighted by atomic mass is 32.1. The van der Waals surface area contributed by atoms with Gasteiger partial charge >= 0.3 is 0 Å². The lowest BCUT2D eigenvalue weighted by Crippen LogP contribution is -2.22. The van der Waals surface area contributed by atoms with E-state index in [-0.39, 0.29) is 16.2 Å². The van der Waals surface area contributed by atoms with Crippen LogP contribution < -0.4 is 4.90 Å². The maximum Gasteiger partial charge on any atom is 0.0543 e. The van der Waals surface area contributed by atoms with Gasteiger partial charge in [-0.15, -0.1) is 11.3 Å². The number of anilines is 2. The van der Waals surface area contributed by atoms with E-state index < -0.39 is 0 Å². The van der Waals surface area contributed by atoms with Gasteiger partial charge in [0.2, 0.25) is 0 Å². The van der Waals surface area contributed by atoms with Gasteiger partial charge in [0, 0.05) is 47.9 Å². The average molecular weight is 888 g/mol. The number of thiophene rings is 1. The van der Waals surface area contributed by atoms with Gasteiger partial charge in [-0.25, -0.2) is 0 Å². The minimum atomic E-state index is -0.153. The monoisotopic (exact) mass is 887 g/mol. The van der Waals surface area contributed by atoms with Crippen molar-refractivity contribution >= 4 is 59.2 Å². The molecule has 67 heavy (non-hydrogen) atoms. The first-order valence-corrected chi connectivity index (χ1v) is 25.2. The van der Waals surface area contributed by atoms with Crippen LogP contribution >= 0.6 is 11.3 Å². The van der Waals surface area contributed by atoms with Crippen molar-refractivity contribution in [1.82, 2.24) is 0 Å². The number of nitrogens with zero attached hydrogens (tertiary/aromatic N) is 1. The minimum Gasteiger partial charge on any atom is -0.309 e. The second-order valence-corrected chi connectivity index (χ2v) is 22.4. The first kappa shape index (κ1) is 43.1. The molecule has 11 rings (SSSR count). The Kier molecular flexibility index (Phi) is 10.4. The van der Waals surface area contributed by atoms with Crippen LogP contribution in [0.2, 0.25) is 0 Å². The molecule has 1 heterocycles. The van der Waals surface area contributed by atoms with E-state index in [1.807, 2.05) is 11.3 Å². The maximum atomic E-state index is 2.66. The van der Waals surface area contributed by atoms with Gasteiger partial charge in [0.15, 0.2) is 0 Å². The summed E-state index contributed by atoms with van der Waals surface area (Å²) in [6, 6.07) is 62.5. The Hall–Kier alpha value is -6.48. The van der Waals surface area contributed by atoms with Gasteiger partial charge in [0.25, 0.3) is 0 Å². The maximum absolute atomic E-state index is 2.66. The number of hydrogen-bond donors (Lipinski definition) is 0. The van der Waals surface area contributed by atoms with Gasteiger partial charge in [0.05, 0.1) is 17.1 Å². The van der Waals surface area contributed by atoms with E-state index in [1.54, 1.807) is 0 Å². The molecule has 2 aliphatic carbocycles. The predicted molar refractivity (Wildman–Crippen MR) is 292 cm³/mol. The summed E-state index contributed by atoms with van der Waals surface area (Å²) in [5.74, 6) is 0.330. The summed E-state index contributed by atoms with van der Waals surface area (Å²) in [5.41, 5.74) is 19.3. The standard InChI is InChI=1S/C65H61NS/c1-10-64(6,7)45-39-43(38-44(40-45)63(3,4)5)46-26-17-21-42-22-18-27-50(60(42)46)48-36-35-41(2)37-58(48)66(57-33-20-31-55-61(57)53-25-11-14-30-54(53)65(55,8)9)56-32-15-12-23-47(56)51-28-19-29-52-49-24-13-16-34-59(49)67-62(51)52/h11-34,36-41H,10,35H2,1-9H3. The summed E-state index contributed by atoms with van der Waals surface area (Å²) in [6.07, 6.45) is 7.15. The van der Waals surface area contributed by atoms with E-state index in [9.17, 15) is 0 Å². The topological polar surface area (TPSA) is 3.24 Å². The molecule has 0 radical (unpaired) electrons. The quantitative estimate of drug-likeness (QED) is 0.147. The molecule has 9 aromatic rings. The van der Waals surface area contributed by atoms with Gasteiger partial charge in [-0.05, 0) is 103 Å². The zero-order chi connectivity index (χ0) is 46.4. The molecule has 0 saturated carbocycles. The molecule has 332 valence electrons. The third kappa shape index (κ3) is 7.10. The Morgan fingerprint density at radius 3 is 2.00 bits per heavy atom. The molecule has 1 unspecified atom stereocenters. The smallest absolute Gasteiger partial charge is 0.0543 e. The minimum absolute atomic E-state index is 0.00285. The Morgan fingerprint density at radius 1 is 0.597 bits per heavy atom. The van der Waals surface area contributed by atoms with Gasteiger partial charge in [0.1, 0.15) is 0 Å². The molecule has 2 aliphatic rings. The van der Waals surface area contributed by atoms with Crippen LogP contribution in [0.4, 0.5) is 11.4 Å². The Bertz CT molecular complexity index is 3480. The van der Waals surface area contributed by atoms with Crippen molar-refractivity contribution in [2.75, 3.05) is 4.90 Å². The zero-order valence-corrected chi connectivity index (χ0v) is 41.4. The molecule has 8 aromatic carbocycles. The fourth-order valence-corrected chi connectivity index (χ4v) is 12.3. The predicted octanol–water partition coefficient (Wildman–Crippen LogP) is 19.0. The van der Waals surface area contributed by atoms with Crippen molar-refractivity contribution in [2.45, 2.75) is 91.4 Å². The largest absolute Gasteiger partial charge is 0.309 e. The summed E-state index contributed by atoms with van der Waals surface area (Å²) in [5, 5.41) is 5.19. The fraction of sp³-hybridized carbons (Fsp3) is 0.231. The number of para-hydroxylation sites is 1. The van der Waals surface area contributed by atoms with Crippen LogP contribution in [0.3, 0.4) is 0 Å². The number of fused-ring (bicyclic) bond motifs is 7. The molecule has 0 bridgehead atoms. The molecule has 2 heteroatoms. The van der Waals surface area contributed by atoms with E-state index in [4.69, 9.17) is 0 Å². The van der Waals surface area contributed by atoms with E-state index in [1.165, 1.54) is 115 Å². The lowest BCUT2D eigenvalue weighted by Gasteiger charge is -2.36. The van der Waals surface area contributed by atoms with E-state index in [0.717, 1.165) is 12.8 Å². The molecule has 0 aliphatic heterocycles. The molecular formula is C65H61NS. The van der Waals surface area contributed by atoms with E-state index >= 15 is 0 Å². The zero-order valence-electron chi connectivity index (χ0n) is 40.6. The van der Waals surface area contributed by atoms with Crippen LogP contribution in [-0.2, 0) is 16.2 Å². The van der Waals surface area contributed by atoms with Crippen LogP contribution in [0.25, 0.3) is 69.9 Å². The van der Waals surface area contributed by atoms with Crippen molar-refractivity contribution in [3.8, 4) is 33.4 Å². The Morgan fingerprint density at radius 2 is 1.21 bits per heavy atom. The van der Waals surface area contributed by atoms with Crippen molar-refractivity contribution in [3.63, 3.8) is 0 Å². The second-order valence-electron chi connectivity index (χ2n) is 21.4. The molecule has 0 amide bonds. The van der Waals surface area contributed by atoms with Gasteiger partial charge in [-0.1, -0.05) is 220 Å². The lowest BCUT2D eigenvalue weighted by atomic mass is 9.76. The first-order valence-electron chi connectivity index (χ1n) is 24.4. The third-order valence-electron chi connectivity index (χ3n) is 15.3. The highest BCUT2D eigenvalue weighted by molar-refractivity contribution is 7.26. The van der Waals surface area contributed by atoms with Crippen molar-refractivity contribution in [3.05, 3.63) is 209 Å². The second kappa shape index (κ2) is 16.1. The summed E-state index contributed by atoms with van der Waals surface area (Å²) in [7, 11) is 0. The van der Waals surface area contributed by atoms with Crippen LogP contribution in [0.1, 0.15) is 103 Å². The highest BCUT2D eigenvalue weighted by Crippen LogP contribution is 2.56. The SMILES string of the molecule is CCC(C)(C)c1cc(-c2cccc3cccc(C4=CCC(C)C=C4N(c4ccccc4-c4cccc5c4sc4ccccc45)c4cccc5c4-c4ccccc4C5(C)C)c23)cc(C(C)(C)C)c1. The van der Waals surface area contributed by atoms with Crippen LogP contribution in [0, 0.1) is 5.92 Å². The van der Waals surface area contributed by atoms with Crippen LogP contribution in [0.5, 0.6) is 0 Å². The third-order valence-corrected chi connectivity index (χ3v) is 16.5. The average Bonchev–Trinajstić information content (AvgIpc) is 3.83. The summed E-state index contributed by atoms with van der Waals surface area (Å²) >= 11 is 1.91. The Labute approximate surface area is 402 Å². The fourth-order valence-electron chi connectivity index (χ4n) is 11.1. The first-order chi connectivity index (χ1) is 32.2. The van der Waals surface area contributed by atoms with E-state index in [2.05, 4.69) is 243 Å². The van der Waals surface area contributed by atoms with Crippen molar-refractivity contribution in [2.24, 2.45) is 5.92 Å². The number of rotatable bonds is 8. The molecule has 1 atom stereocenters. The molecule has 0 fully saturated rings. The number of hydrogen-bond acceptors (Lipinski definition) is 2. The van der Waals surface area contributed by atoms with Gasteiger partial charge in [-0.3, -0.25) is 0 Å². The summed E-state index contributed by atoms with van der Waals surface area (Å²) < 4.78 is 2.64. The summed E-state index contributed by atoms with van der Waals surface area (Å²) in [6.45, 7) is 21.3. The van der Waals surface area contributed by atoms with Gasteiger partial charge in [-0.2, -0.15) is 0 Å². The van der Waals surface area contributed by atoms with Crippen molar-refractivity contribution < 1.29 is 0 Å². The van der Waals surface area contributed by atoms with Crippen LogP contribution in [-0.4, -0.2) is 0 Å². The van der Waals surface area contributed by atoms with Crippen LogP contribution in [0.15, 0.2) is 182 Å². The summed E-state index contributed by atoms with van der Waals surface area (Å²) in [4.78, 5) is 2.66. The normalized spacial score (nSPS) is 15.7. The number of benzene rings is 8. The van der Waals surface area contributed by atoms with Crippen molar-refractivity contribution in [1.29, 1.82) is 0 Å². The molecule has 1 aromatic heterocycles. The lowest BCUT2D eigenvalue weighted by molar-refractivity contribution is 0.502. The molecule has 0 saturated heterocycles. The molecule has 0 N–H and O–H groups in total. The van der Waals surface area contributed by atoms with E-state index in [0.29, 0.717) is 5.92 Å². The molecule has 0 spiro atoms.